The molecule has 0 unspecified atom stereocenters. The third-order valence-electron chi connectivity index (χ3n) is 5.10. The molecule has 4 rings (SSSR count). The Morgan fingerprint density at radius 3 is 1.68 bits per heavy atom. The van der Waals surface area contributed by atoms with E-state index in [1.807, 2.05) is 54.6 Å². The molecule has 2 amide bonds. The van der Waals surface area contributed by atoms with Gasteiger partial charge in [0.05, 0.1) is 0 Å². The molecule has 207 valence electrons. The predicted molar refractivity (Wildman–Crippen MR) is 182 cm³/mol. The molecule has 0 spiro atoms. The maximum Gasteiger partial charge on any atom is 0.294 e. The Morgan fingerprint density at radius 2 is 1.24 bits per heavy atom. The van der Waals surface area contributed by atoms with Gasteiger partial charge in [-0.05, 0) is 132 Å². The normalized spacial score (nSPS) is 15.4. The maximum absolute atomic E-state index is 12.4. The monoisotopic (exact) mass is 1130 g/mol. The van der Waals surface area contributed by atoms with Crippen LogP contribution < -0.4 is 23.1 Å². The van der Waals surface area contributed by atoms with Crippen molar-refractivity contribution in [2.45, 2.75) is 38.9 Å². The number of carbonyl (C=O) groups excluding carboxylic acids is 3. The molecule has 1 radical (unpaired) electrons. The van der Waals surface area contributed by atoms with Crippen molar-refractivity contribution in [2.75, 3.05) is 22.9 Å². The molecule has 0 aromatic heterocycles. The van der Waals surface area contributed by atoms with Gasteiger partial charge in [-0.15, -0.1) is 0 Å². The van der Waals surface area contributed by atoms with Crippen molar-refractivity contribution >= 4 is 120 Å². The fraction of sp³-hybridized carbons (Fsp3) is 0.320. The molecule has 2 heterocycles. The Labute approximate surface area is 295 Å². The van der Waals surface area contributed by atoms with E-state index in [0.717, 1.165) is 34.3 Å². The van der Waals surface area contributed by atoms with Crippen LogP contribution in [0.3, 0.4) is 0 Å². The average molecular weight is 1130 g/mol. The average Bonchev–Trinajstić information content (AvgIpc) is 2.84. The summed E-state index contributed by atoms with van der Waals surface area (Å²) in [5.41, 5.74) is 1.75. The molecular formula is C25H28I5N2O4SiV-. The summed E-state index contributed by atoms with van der Waals surface area (Å²) in [4.78, 5) is 38.6. The first-order valence-corrected chi connectivity index (χ1v) is 29.5. The van der Waals surface area contributed by atoms with Crippen LogP contribution in [0.2, 0.25) is 19.6 Å². The van der Waals surface area contributed by atoms with Crippen molar-refractivity contribution in [3.63, 3.8) is 0 Å². The van der Waals surface area contributed by atoms with Crippen molar-refractivity contribution in [3.8, 4) is 0 Å². The molecule has 2 aromatic rings. The van der Waals surface area contributed by atoms with Crippen molar-refractivity contribution in [1.29, 1.82) is 0 Å². The number of amides is 2. The third-order valence-corrected chi connectivity index (χ3v) is 7.37. The fourth-order valence-electron chi connectivity index (χ4n) is 3.55. The van der Waals surface area contributed by atoms with Crippen molar-refractivity contribution < 1.29 is 50.6 Å². The van der Waals surface area contributed by atoms with E-state index in [9.17, 15) is 14.4 Å². The second-order valence-corrected chi connectivity index (χ2v) is 32.2. The summed E-state index contributed by atoms with van der Waals surface area (Å²) in [5, 5.41) is 0. The van der Waals surface area contributed by atoms with Crippen LogP contribution in [0.1, 0.15) is 19.3 Å². The molecule has 0 aliphatic carbocycles. The van der Waals surface area contributed by atoms with Gasteiger partial charge < -0.3 is 14.2 Å². The van der Waals surface area contributed by atoms with Crippen LogP contribution in [0, 0.1) is 7.14 Å². The van der Waals surface area contributed by atoms with Gasteiger partial charge in [-0.25, -0.2) is 0 Å². The van der Waals surface area contributed by atoms with Crippen LogP contribution in [0.4, 0.5) is 11.4 Å². The van der Waals surface area contributed by atoms with Crippen LogP contribution >= 0.6 is 82.4 Å². The Kier molecular flexibility index (Phi) is 18.1. The first-order chi connectivity index (χ1) is 17.5. The number of nitrogens with zero attached hydrogens (tertiary/aromatic N) is 2. The Balaban J connectivity index is 0.000000343. The van der Waals surface area contributed by atoms with Crippen molar-refractivity contribution in [1.82, 2.24) is 0 Å². The minimum absolute atomic E-state index is 0. The van der Waals surface area contributed by atoms with Gasteiger partial charge in [-0.2, -0.15) is 0 Å². The smallest absolute Gasteiger partial charge is 0.294 e. The predicted octanol–water partition coefficient (Wildman–Crippen LogP) is 4.52. The summed E-state index contributed by atoms with van der Waals surface area (Å²) in [7, 11) is -1.74. The number of Topliss-reactive ketones (excluding diaryl/α,β-unsaturated/α-hetero) is 1. The topological polar surface area (TPSA) is 66.9 Å². The van der Waals surface area contributed by atoms with E-state index in [1.165, 1.54) is 3.57 Å². The number of ketones is 1. The van der Waals surface area contributed by atoms with Crippen molar-refractivity contribution in [2.24, 2.45) is 0 Å². The molecule has 38 heavy (non-hydrogen) atoms. The van der Waals surface area contributed by atoms with Gasteiger partial charge in [-0.3, -0.25) is 14.4 Å². The largest absolute Gasteiger partial charge is 0.306 e. The zero-order valence-corrected chi connectivity index (χ0v) is 34.3. The number of halogens is 5. The zero-order chi connectivity index (χ0) is 27.6. The fourth-order valence-corrected chi connectivity index (χ4v) is 5.10. The Bertz CT molecular complexity index is 1110. The van der Waals surface area contributed by atoms with Crippen LogP contribution in [-0.2, 0) is 37.4 Å². The van der Waals surface area contributed by atoms with Gasteiger partial charge in [0.15, 0.2) is 5.76 Å². The van der Waals surface area contributed by atoms with Crippen LogP contribution in [0.15, 0.2) is 60.4 Å². The molecule has 1 fully saturated rings. The summed E-state index contributed by atoms with van der Waals surface area (Å²) in [6.07, 6.45) is 3.91. The van der Waals surface area contributed by atoms with Gasteiger partial charge in [0, 0.05) is 56.6 Å². The van der Waals surface area contributed by atoms with Crippen LogP contribution in [0.25, 0.3) is 0 Å². The standard InChI is InChI=1S/C14H18INO2Si.C11H10INO2.I3.V/c1-19(2,3)18-13-5-4-10-16(14(13)17)12-8-6-11(15)7-9-12;12-8-3-5-9(6-4-8)13-7-1-2-10(14)11(13)15;1-3-2;/h5-9H,4,10H2,1-3H3;3-6H,1-2,7H2;;/q;;-1;. The number of rotatable bonds is 4. The second-order valence-electron chi connectivity index (χ2n) is 9.02. The van der Waals surface area contributed by atoms with E-state index in [2.05, 4.69) is 102 Å². The minimum Gasteiger partial charge on any atom is -0.306 e. The zero-order valence-electron chi connectivity index (χ0n) is 21.1. The molecule has 2 aliphatic rings. The number of piperidine rings is 1. The molecule has 13 heteroatoms. The van der Waals surface area contributed by atoms with E-state index in [1.54, 1.807) is 9.80 Å². The molecule has 0 saturated carbocycles. The number of hydrogen-bond donors (Lipinski definition) is 0. The van der Waals surface area contributed by atoms with E-state index >= 15 is 0 Å². The summed E-state index contributed by atoms with van der Waals surface area (Å²) < 4.78 is 8.16. The molecule has 2 aromatic carbocycles. The molecule has 2 aliphatic heterocycles. The Hall–Kier alpha value is 1.04. The van der Waals surface area contributed by atoms with E-state index in [0.29, 0.717) is 32.0 Å². The molecule has 1 saturated heterocycles. The van der Waals surface area contributed by atoms with Crippen LogP contribution in [-0.4, -0.2) is 39.0 Å². The quantitative estimate of drug-likeness (QED) is 0.257. The second kappa shape index (κ2) is 18.6. The maximum atomic E-state index is 12.4. The summed E-state index contributed by atoms with van der Waals surface area (Å²) in [6, 6.07) is 15.6. The SMILES string of the molecule is C[Si](C)(C)OC1=CCCN(c2ccc(I)cc2)C1=O.I[I-]I.O=C1CCCN(c2ccc(I)cc2)C1=O.[V]. The molecule has 6 nitrogen and oxygen atoms in total. The van der Waals surface area contributed by atoms with Gasteiger partial charge in [0.1, 0.15) is 0 Å². The van der Waals surface area contributed by atoms with Gasteiger partial charge in [-0.1, -0.05) is 0 Å². The number of benzene rings is 2. The van der Waals surface area contributed by atoms with Crippen molar-refractivity contribution in [3.05, 3.63) is 67.5 Å². The minimum atomic E-state index is -1.74. The van der Waals surface area contributed by atoms with Gasteiger partial charge >= 0.3 is 50.5 Å². The number of carbonyl (C=O) groups is 3. The summed E-state index contributed by atoms with van der Waals surface area (Å²) >= 11 is 9.77. The molecule has 0 N–H and O–H groups in total. The molecular weight excluding hydrogens is 1110 g/mol. The van der Waals surface area contributed by atoms with Gasteiger partial charge in [0.2, 0.25) is 14.1 Å². The van der Waals surface area contributed by atoms with E-state index in [4.69, 9.17) is 4.43 Å². The Morgan fingerprint density at radius 1 is 0.789 bits per heavy atom. The van der Waals surface area contributed by atoms with E-state index in [-0.39, 0.29) is 36.2 Å². The molecule has 0 bridgehead atoms. The first kappa shape index (κ1) is 37.1. The summed E-state index contributed by atoms with van der Waals surface area (Å²) in [5.74, 6) is -0.152. The number of hydrogen-bond acceptors (Lipinski definition) is 4. The van der Waals surface area contributed by atoms with E-state index < -0.39 is 8.32 Å². The molecule has 0 atom stereocenters. The number of anilines is 2. The first-order valence-electron chi connectivity index (χ1n) is 11.4. The van der Waals surface area contributed by atoms with Crippen LogP contribution in [0.5, 0.6) is 0 Å². The van der Waals surface area contributed by atoms with Gasteiger partial charge in [0.25, 0.3) is 11.8 Å². The summed E-state index contributed by atoms with van der Waals surface area (Å²) in [6.45, 7) is 7.63. The third kappa shape index (κ3) is 12.5.